The van der Waals surface area contributed by atoms with Gasteiger partial charge < -0.3 is 14.0 Å². The minimum atomic E-state index is -3.68. The molecular weight excluding hydrogens is 358 g/mol. The Bertz CT molecular complexity index is 1090. The lowest BCUT2D eigenvalue weighted by Gasteiger charge is -2.15. The molecule has 2 heterocycles. The van der Waals surface area contributed by atoms with Crippen LogP contribution in [0.3, 0.4) is 0 Å². The monoisotopic (exact) mass is 379 g/mol. The van der Waals surface area contributed by atoms with Crippen LogP contribution in [0.4, 0.5) is 0 Å². The van der Waals surface area contributed by atoms with Gasteiger partial charge in [0.1, 0.15) is 0 Å². The van der Waals surface area contributed by atoms with Crippen molar-refractivity contribution in [3.05, 3.63) is 38.9 Å². The van der Waals surface area contributed by atoms with Crippen LogP contribution in [0, 0.1) is 0 Å². The highest BCUT2D eigenvalue weighted by atomic mass is 32.2. The van der Waals surface area contributed by atoms with Gasteiger partial charge in [0.2, 0.25) is 5.91 Å². The van der Waals surface area contributed by atoms with Crippen molar-refractivity contribution in [2.75, 3.05) is 18.8 Å². The number of fused-ring (bicyclic) bond motifs is 1. The molecule has 26 heavy (non-hydrogen) atoms. The Hall–Kier alpha value is -2.42. The molecule has 0 bridgehead atoms. The summed E-state index contributed by atoms with van der Waals surface area (Å²) in [4.78, 5) is 37.6. The highest BCUT2D eigenvalue weighted by Gasteiger charge is 2.22. The quantitative estimate of drug-likeness (QED) is 0.698. The number of amides is 1. The fourth-order valence-electron chi connectivity index (χ4n) is 3.22. The van der Waals surface area contributed by atoms with Crippen LogP contribution in [-0.4, -0.2) is 47.2 Å². The zero-order chi connectivity index (χ0) is 19.1. The van der Waals surface area contributed by atoms with E-state index in [9.17, 15) is 22.8 Å². The lowest BCUT2D eigenvalue weighted by atomic mass is 10.3. The first-order chi connectivity index (χ1) is 12.2. The van der Waals surface area contributed by atoms with Crippen molar-refractivity contribution in [3.63, 3.8) is 0 Å². The molecule has 0 aliphatic carbocycles. The molecule has 0 radical (unpaired) electrons. The minimum Gasteiger partial charge on any atom is -0.343 e. The van der Waals surface area contributed by atoms with Gasteiger partial charge in [-0.25, -0.2) is 8.42 Å². The van der Waals surface area contributed by atoms with Crippen LogP contribution >= 0.6 is 0 Å². The summed E-state index contributed by atoms with van der Waals surface area (Å²) in [7, 11) is -0.782. The van der Waals surface area contributed by atoms with Crippen LogP contribution in [0.15, 0.2) is 32.7 Å². The molecule has 8 nitrogen and oxygen atoms in total. The number of likely N-dealkylation sites (tertiary alicyclic amines) is 1. The molecule has 0 N–H and O–H groups in total. The lowest BCUT2D eigenvalue weighted by molar-refractivity contribution is -0.129. The Morgan fingerprint density at radius 1 is 1.00 bits per heavy atom. The van der Waals surface area contributed by atoms with Gasteiger partial charge in [0, 0.05) is 33.6 Å². The Balaban J connectivity index is 1.92. The number of aryl methyl sites for hydroxylation is 2. The molecule has 140 valence electrons. The molecule has 3 rings (SSSR count). The Kier molecular flexibility index (Phi) is 4.74. The van der Waals surface area contributed by atoms with Crippen molar-refractivity contribution in [1.29, 1.82) is 0 Å². The number of hydrogen-bond donors (Lipinski definition) is 0. The van der Waals surface area contributed by atoms with Gasteiger partial charge in [0.15, 0.2) is 9.84 Å². The van der Waals surface area contributed by atoms with E-state index in [1.165, 1.54) is 36.9 Å². The fourth-order valence-corrected chi connectivity index (χ4v) is 4.46. The van der Waals surface area contributed by atoms with Crippen molar-refractivity contribution in [2.45, 2.75) is 24.2 Å². The Morgan fingerprint density at radius 2 is 1.58 bits per heavy atom. The standard InChI is InChI=1S/C17H21N3O5S/c1-18-13-6-5-12(11-14(13)19(2)17(23)16(18)22)26(24,25)10-7-15(21)20-8-3-4-9-20/h5-6,11H,3-4,7-10H2,1-2H3. The summed E-state index contributed by atoms with van der Waals surface area (Å²) in [6.45, 7) is 1.37. The zero-order valence-corrected chi connectivity index (χ0v) is 15.6. The summed E-state index contributed by atoms with van der Waals surface area (Å²) in [6.07, 6.45) is 1.85. The smallest absolute Gasteiger partial charge is 0.316 e. The number of sulfone groups is 1. The van der Waals surface area contributed by atoms with Crippen LogP contribution in [0.5, 0.6) is 0 Å². The molecule has 1 aromatic carbocycles. The Labute approximate surface area is 150 Å². The Morgan fingerprint density at radius 3 is 2.19 bits per heavy atom. The van der Waals surface area contributed by atoms with Gasteiger partial charge in [-0.2, -0.15) is 0 Å². The van der Waals surface area contributed by atoms with Gasteiger partial charge in [-0.3, -0.25) is 14.4 Å². The second kappa shape index (κ2) is 6.71. The van der Waals surface area contributed by atoms with Gasteiger partial charge in [-0.15, -0.1) is 0 Å². The van der Waals surface area contributed by atoms with Crippen LogP contribution in [0.25, 0.3) is 11.0 Å². The first kappa shape index (κ1) is 18.4. The molecule has 9 heteroatoms. The molecule has 0 spiro atoms. The third-order valence-corrected chi connectivity index (χ3v) is 6.58. The van der Waals surface area contributed by atoms with Crippen LogP contribution in [0.1, 0.15) is 19.3 Å². The van der Waals surface area contributed by atoms with Crippen LogP contribution in [-0.2, 0) is 28.7 Å². The number of carbonyl (C=O) groups excluding carboxylic acids is 1. The van der Waals surface area contributed by atoms with Crippen LogP contribution < -0.4 is 11.1 Å². The summed E-state index contributed by atoms with van der Waals surface area (Å²) in [5, 5.41) is 0. The number of benzene rings is 1. The van der Waals surface area contributed by atoms with E-state index in [4.69, 9.17) is 0 Å². The molecule has 1 fully saturated rings. The van der Waals surface area contributed by atoms with Gasteiger partial charge in [0.05, 0.1) is 21.7 Å². The van der Waals surface area contributed by atoms with E-state index in [0.717, 1.165) is 17.4 Å². The lowest BCUT2D eigenvalue weighted by Crippen LogP contribution is -2.39. The normalized spacial score (nSPS) is 14.9. The summed E-state index contributed by atoms with van der Waals surface area (Å²) in [5.41, 5.74) is -0.584. The second-order valence-corrected chi connectivity index (χ2v) is 8.64. The molecule has 1 aliphatic rings. The first-order valence-electron chi connectivity index (χ1n) is 8.43. The molecule has 0 unspecified atom stereocenters. The summed E-state index contributed by atoms with van der Waals surface area (Å²) >= 11 is 0. The molecule has 2 aromatic rings. The molecule has 1 aliphatic heterocycles. The zero-order valence-electron chi connectivity index (χ0n) is 14.8. The molecule has 0 saturated carbocycles. The van der Waals surface area contributed by atoms with E-state index in [1.54, 1.807) is 4.90 Å². The highest BCUT2D eigenvalue weighted by Crippen LogP contribution is 2.19. The van der Waals surface area contributed by atoms with Crippen molar-refractivity contribution in [1.82, 2.24) is 14.0 Å². The topological polar surface area (TPSA) is 98.5 Å². The second-order valence-electron chi connectivity index (χ2n) is 6.54. The van der Waals surface area contributed by atoms with Crippen molar-refractivity contribution >= 4 is 26.8 Å². The van der Waals surface area contributed by atoms with E-state index >= 15 is 0 Å². The maximum absolute atomic E-state index is 12.6. The molecular formula is C17H21N3O5S. The minimum absolute atomic E-state index is 0.0351. The molecule has 1 amide bonds. The summed E-state index contributed by atoms with van der Waals surface area (Å²) in [5.74, 6) is -0.435. The highest BCUT2D eigenvalue weighted by molar-refractivity contribution is 7.91. The first-order valence-corrected chi connectivity index (χ1v) is 10.1. The number of aromatic nitrogens is 2. The number of carbonyl (C=O) groups is 1. The van der Waals surface area contributed by atoms with Gasteiger partial charge in [-0.1, -0.05) is 0 Å². The predicted octanol–water partition coefficient (Wildman–Crippen LogP) is 0.0234. The molecule has 0 atom stereocenters. The van der Waals surface area contributed by atoms with Gasteiger partial charge >= 0.3 is 11.1 Å². The number of rotatable bonds is 4. The van der Waals surface area contributed by atoms with E-state index in [1.807, 2.05) is 0 Å². The molecule has 1 aromatic heterocycles. The average Bonchev–Trinajstić information content (AvgIpc) is 3.17. The predicted molar refractivity (Wildman–Crippen MR) is 96.9 cm³/mol. The third-order valence-electron chi connectivity index (χ3n) is 4.86. The van der Waals surface area contributed by atoms with Crippen molar-refractivity contribution in [3.8, 4) is 0 Å². The van der Waals surface area contributed by atoms with Gasteiger partial charge in [-0.05, 0) is 31.0 Å². The van der Waals surface area contributed by atoms with E-state index < -0.39 is 21.0 Å². The summed E-state index contributed by atoms with van der Waals surface area (Å²) in [6, 6.07) is 4.29. The SMILES string of the molecule is Cn1c(=O)c(=O)n(C)c2cc(S(=O)(=O)CCC(=O)N3CCCC3)ccc21. The maximum Gasteiger partial charge on any atom is 0.316 e. The van der Waals surface area contributed by atoms with Gasteiger partial charge in [0.25, 0.3) is 0 Å². The fraction of sp³-hybridized carbons (Fsp3) is 0.471. The van der Waals surface area contributed by atoms with E-state index in [0.29, 0.717) is 24.1 Å². The average molecular weight is 379 g/mol. The third kappa shape index (κ3) is 3.18. The molecule has 1 saturated heterocycles. The van der Waals surface area contributed by atoms with E-state index in [-0.39, 0.29) is 23.0 Å². The van der Waals surface area contributed by atoms with Crippen LogP contribution in [0.2, 0.25) is 0 Å². The van der Waals surface area contributed by atoms with Crippen molar-refractivity contribution < 1.29 is 13.2 Å². The maximum atomic E-state index is 12.6. The number of nitrogens with zero attached hydrogens (tertiary/aromatic N) is 3. The van der Waals surface area contributed by atoms with Crippen molar-refractivity contribution in [2.24, 2.45) is 14.1 Å². The summed E-state index contributed by atoms with van der Waals surface area (Å²) < 4.78 is 27.6. The van der Waals surface area contributed by atoms with E-state index in [2.05, 4.69) is 0 Å². The number of hydrogen-bond acceptors (Lipinski definition) is 5. The largest absolute Gasteiger partial charge is 0.343 e.